The number of hydrogen-bond acceptors (Lipinski definition) is 6. The zero-order valence-electron chi connectivity index (χ0n) is 10.9. The quantitative estimate of drug-likeness (QED) is 0.725. The summed E-state index contributed by atoms with van der Waals surface area (Å²) in [7, 11) is 0. The molecule has 1 aromatic heterocycles. The van der Waals surface area contributed by atoms with Crippen molar-refractivity contribution in [1.82, 2.24) is 15.2 Å². The minimum Gasteiger partial charge on any atom is -0.379 e. The van der Waals surface area contributed by atoms with Gasteiger partial charge in [0.25, 0.3) is 0 Å². The van der Waals surface area contributed by atoms with Crippen molar-refractivity contribution in [2.45, 2.75) is 12.8 Å². The first-order chi connectivity index (χ1) is 9.24. The number of hydrogen-bond donors (Lipinski definition) is 2. The van der Waals surface area contributed by atoms with E-state index in [0.717, 1.165) is 45.0 Å². The molecule has 1 aromatic rings. The minimum atomic E-state index is 0.00674. The Morgan fingerprint density at radius 3 is 3.00 bits per heavy atom. The van der Waals surface area contributed by atoms with Gasteiger partial charge in [0.2, 0.25) is 5.91 Å². The second kappa shape index (κ2) is 7.42. The summed E-state index contributed by atoms with van der Waals surface area (Å²) in [6.45, 7) is 5.33. The van der Waals surface area contributed by atoms with Crippen molar-refractivity contribution in [1.29, 1.82) is 0 Å². The Kier molecular flexibility index (Phi) is 5.56. The maximum absolute atomic E-state index is 11.7. The van der Waals surface area contributed by atoms with Crippen molar-refractivity contribution in [3.05, 3.63) is 11.1 Å². The number of morpholine rings is 1. The lowest BCUT2D eigenvalue weighted by molar-refractivity contribution is -0.120. The van der Waals surface area contributed by atoms with Crippen LogP contribution in [0.15, 0.2) is 5.38 Å². The van der Waals surface area contributed by atoms with Crippen molar-refractivity contribution in [2.75, 3.05) is 45.1 Å². The van der Waals surface area contributed by atoms with Crippen LogP contribution in [0.2, 0.25) is 0 Å². The fourth-order valence-corrected chi connectivity index (χ4v) is 2.55. The molecule has 0 saturated carbocycles. The van der Waals surface area contributed by atoms with Gasteiger partial charge in [0, 0.05) is 25.0 Å². The van der Waals surface area contributed by atoms with Gasteiger partial charge < -0.3 is 15.8 Å². The molecule has 0 spiro atoms. The number of anilines is 1. The Morgan fingerprint density at radius 1 is 1.53 bits per heavy atom. The zero-order chi connectivity index (χ0) is 13.5. The number of amides is 1. The molecule has 0 radical (unpaired) electrons. The molecule has 0 aliphatic carbocycles. The molecule has 6 nitrogen and oxygen atoms in total. The number of nitrogen functional groups attached to an aromatic ring is 1. The number of nitrogens with one attached hydrogen (secondary N) is 1. The summed E-state index contributed by atoms with van der Waals surface area (Å²) < 4.78 is 5.29. The van der Waals surface area contributed by atoms with Crippen LogP contribution in [0.25, 0.3) is 0 Å². The topological polar surface area (TPSA) is 80.5 Å². The van der Waals surface area contributed by atoms with Gasteiger partial charge in [-0.05, 0) is 13.0 Å². The second-order valence-corrected chi connectivity index (χ2v) is 5.40. The first kappa shape index (κ1) is 14.2. The molecule has 0 bridgehead atoms. The van der Waals surface area contributed by atoms with Gasteiger partial charge in [0.05, 0.1) is 25.3 Å². The number of carbonyl (C=O) groups excluding carboxylic acids is 1. The van der Waals surface area contributed by atoms with E-state index < -0.39 is 0 Å². The zero-order valence-corrected chi connectivity index (χ0v) is 11.7. The summed E-state index contributed by atoms with van der Waals surface area (Å²) in [5.41, 5.74) is 6.26. The summed E-state index contributed by atoms with van der Waals surface area (Å²) in [5.74, 6) is 0.00674. The highest BCUT2D eigenvalue weighted by Crippen LogP contribution is 2.11. The predicted molar refractivity (Wildman–Crippen MR) is 75.1 cm³/mol. The Hall–Kier alpha value is -1.18. The Balaban J connectivity index is 1.56. The molecular weight excluding hydrogens is 264 g/mol. The SMILES string of the molecule is Nc1nc(CC(=O)NCCCN2CCOCC2)cs1. The molecule has 0 aromatic carbocycles. The van der Waals surface area contributed by atoms with E-state index in [4.69, 9.17) is 10.5 Å². The molecule has 1 aliphatic heterocycles. The van der Waals surface area contributed by atoms with Crippen LogP contribution in [0.4, 0.5) is 5.13 Å². The van der Waals surface area contributed by atoms with E-state index in [1.54, 1.807) is 0 Å². The van der Waals surface area contributed by atoms with E-state index in [9.17, 15) is 4.79 Å². The third kappa shape index (κ3) is 5.14. The highest BCUT2D eigenvalue weighted by atomic mass is 32.1. The van der Waals surface area contributed by atoms with Crippen LogP contribution in [0.1, 0.15) is 12.1 Å². The number of thiazole rings is 1. The molecular formula is C12H20N4O2S. The highest BCUT2D eigenvalue weighted by molar-refractivity contribution is 7.13. The smallest absolute Gasteiger partial charge is 0.226 e. The first-order valence-corrected chi connectivity index (χ1v) is 7.38. The third-order valence-electron chi connectivity index (χ3n) is 2.99. The van der Waals surface area contributed by atoms with E-state index in [-0.39, 0.29) is 5.91 Å². The number of nitrogens with two attached hydrogens (primary N) is 1. The maximum atomic E-state index is 11.7. The van der Waals surface area contributed by atoms with Crippen molar-refractivity contribution >= 4 is 22.4 Å². The minimum absolute atomic E-state index is 0.00674. The van der Waals surface area contributed by atoms with Crippen LogP contribution in [0.3, 0.4) is 0 Å². The first-order valence-electron chi connectivity index (χ1n) is 6.51. The summed E-state index contributed by atoms with van der Waals surface area (Å²) in [5, 5.41) is 5.24. The number of ether oxygens (including phenoxy) is 1. The van der Waals surface area contributed by atoms with Crippen LogP contribution < -0.4 is 11.1 Å². The van der Waals surface area contributed by atoms with Crippen LogP contribution in [-0.4, -0.2) is 55.2 Å². The number of aromatic nitrogens is 1. The summed E-state index contributed by atoms with van der Waals surface area (Å²) in [6.07, 6.45) is 1.27. The van der Waals surface area contributed by atoms with Crippen LogP contribution in [0, 0.1) is 0 Å². The van der Waals surface area contributed by atoms with Crippen molar-refractivity contribution in [3.8, 4) is 0 Å². The van der Waals surface area contributed by atoms with Gasteiger partial charge >= 0.3 is 0 Å². The number of rotatable bonds is 6. The molecule has 106 valence electrons. The number of nitrogens with zero attached hydrogens (tertiary/aromatic N) is 2. The molecule has 2 heterocycles. The monoisotopic (exact) mass is 284 g/mol. The average Bonchev–Trinajstić information content (AvgIpc) is 2.81. The molecule has 7 heteroatoms. The molecule has 1 aliphatic rings. The lowest BCUT2D eigenvalue weighted by Crippen LogP contribution is -2.38. The lowest BCUT2D eigenvalue weighted by atomic mass is 10.3. The molecule has 1 saturated heterocycles. The van der Waals surface area contributed by atoms with E-state index >= 15 is 0 Å². The van der Waals surface area contributed by atoms with Crippen molar-refractivity contribution in [3.63, 3.8) is 0 Å². The number of carbonyl (C=O) groups is 1. The molecule has 2 rings (SSSR count). The molecule has 0 atom stereocenters. The maximum Gasteiger partial charge on any atom is 0.226 e. The van der Waals surface area contributed by atoms with Gasteiger partial charge in [-0.15, -0.1) is 11.3 Å². The Morgan fingerprint density at radius 2 is 2.32 bits per heavy atom. The van der Waals surface area contributed by atoms with E-state index in [1.807, 2.05) is 5.38 Å². The summed E-state index contributed by atoms with van der Waals surface area (Å²) in [6, 6.07) is 0. The molecule has 1 amide bonds. The molecule has 3 N–H and O–H groups in total. The van der Waals surface area contributed by atoms with Crippen molar-refractivity contribution < 1.29 is 9.53 Å². The second-order valence-electron chi connectivity index (χ2n) is 4.51. The van der Waals surface area contributed by atoms with Crippen molar-refractivity contribution in [2.24, 2.45) is 0 Å². The van der Waals surface area contributed by atoms with Gasteiger partial charge in [-0.2, -0.15) is 0 Å². The fourth-order valence-electron chi connectivity index (χ4n) is 1.99. The van der Waals surface area contributed by atoms with Crippen LogP contribution in [0.5, 0.6) is 0 Å². The lowest BCUT2D eigenvalue weighted by Gasteiger charge is -2.26. The fraction of sp³-hybridized carbons (Fsp3) is 0.667. The van der Waals surface area contributed by atoms with Gasteiger partial charge in [0.1, 0.15) is 0 Å². The van der Waals surface area contributed by atoms with E-state index in [0.29, 0.717) is 18.1 Å². The van der Waals surface area contributed by atoms with Crippen LogP contribution in [-0.2, 0) is 16.0 Å². The Labute approximate surface area is 116 Å². The van der Waals surface area contributed by atoms with Crippen LogP contribution >= 0.6 is 11.3 Å². The highest BCUT2D eigenvalue weighted by Gasteiger charge is 2.10. The van der Waals surface area contributed by atoms with E-state index in [1.165, 1.54) is 11.3 Å². The van der Waals surface area contributed by atoms with Gasteiger partial charge in [0.15, 0.2) is 5.13 Å². The molecule has 0 unspecified atom stereocenters. The van der Waals surface area contributed by atoms with Gasteiger partial charge in [-0.1, -0.05) is 0 Å². The molecule has 1 fully saturated rings. The summed E-state index contributed by atoms with van der Waals surface area (Å²) in [4.78, 5) is 18.1. The standard InChI is InChI=1S/C12H20N4O2S/c13-12-15-10(9-19-12)8-11(17)14-2-1-3-16-4-6-18-7-5-16/h9H,1-8H2,(H2,13,15)(H,14,17). The Bertz CT molecular complexity index is 404. The summed E-state index contributed by atoms with van der Waals surface area (Å²) >= 11 is 1.36. The largest absolute Gasteiger partial charge is 0.379 e. The predicted octanol–water partition coefficient (Wildman–Crippen LogP) is 0.106. The third-order valence-corrected chi connectivity index (χ3v) is 3.71. The van der Waals surface area contributed by atoms with E-state index in [2.05, 4.69) is 15.2 Å². The van der Waals surface area contributed by atoms with Gasteiger partial charge in [-0.3, -0.25) is 9.69 Å². The molecule has 19 heavy (non-hydrogen) atoms. The normalized spacial score (nSPS) is 16.4. The average molecular weight is 284 g/mol. The van der Waals surface area contributed by atoms with Gasteiger partial charge in [-0.25, -0.2) is 4.98 Å².